The number of nitrogens with one attached hydrogen (secondary N) is 2. The number of alkyl halides is 3. The molecule has 0 saturated carbocycles. The summed E-state index contributed by atoms with van der Waals surface area (Å²) in [6.45, 7) is 3.72. The van der Waals surface area contributed by atoms with E-state index in [1.165, 1.54) is 19.1 Å². The van der Waals surface area contributed by atoms with E-state index in [9.17, 15) is 32.3 Å². The van der Waals surface area contributed by atoms with Gasteiger partial charge >= 0.3 is 24.0 Å². The Hall–Kier alpha value is -4.53. The van der Waals surface area contributed by atoms with Crippen molar-refractivity contribution in [2.45, 2.75) is 64.0 Å². The second-order valence-electron chi connectivity index (χ2n) is 13.4. The van der Waals surface area contributed by atoms with E-state index in [-0.39, 0.29) is 48.3 Å². The lowest BCUT2D eigenvalue weighted by Crippen LogP contribution is -2.62. The zero-order valence-electron chi connectivity index (χ0n) is 28.8. The topological polar surface area (TPSA) is 135 Å². The van der Waals surface area contributed by atoms with Gasteiger partial charge in [-0.2, -0.15) is 13.2 Å². The number of nitrogens with zero attached hydrogens (tertiary/aromatic N) is 2. The number of allylic oxidation sites excluding steroid dienone is 2. The number of hydrogen-bond acceptors (Lipinski definition) is 8. The van der Waals surface area contributed by atoms with Crippen molar-refractivity contribution >= 4 is 46.9 Å². The number of carbonyl (C=O) groups excluding carboxylic acids is 4. The van der Waals surface area contributed by atoms with Gasteiger partial charge in [0.25, 0.3) is 5.91 Å². The lowest BCUT2D eigenvalue weighted by Gasteiger charge is -2.44. The van der Waals surface area contributed by atoms with Gasteiger partial charge in [0, 0.05) is 36.2 Å². The van der Waals surface area contributed by atoms with Crippen LogP contribution < -0.4 is 10.1 Å². The van der Waals surface area contributed by atoms with Crippen LogP contribution >= 0.6 is 11.6 Å². The van der Waals surface area contributed by atoms with Gasteiger partial charge < -0.3 is 24.4 Å². The van der Waals surface area contributed by atoms with Crippen molar-refractivity contribution < 1.29 is 51.0 Å². The maximum Gasteiger partial charge on any atom is 0.490 e. The van der Waals surface area contributed by atoms with Crippen LogP contribution in [0.2, 0.25) is 5.02 Å². The number of ether oxygens (including phenoxy) is 3. The summed E-state index contributed by atoms with van der Waals surface area (Å²) >= 11 is 6.16. The number of piperidine rings is 1. The number of rotatable bonds is 10. The molecule has 2 aliphatic heterocycles. The standard InChI is InChI=1S/C37H40ClF3N4O7/c1-3-25(22-50-35(49)37(39,40)41)34(48)51-30-12-9-27-20-45(21-32(46)43-31(27)19-30,33(47)26-7-10-28(38)11-8-26)23-36(15-5-4-6-16-36)52-29-13-17-44(18-14-29)24(2)42/h4-12,15,19,25,29,42H,3,13-14,16-18,20-23H2,1-2H3/p+1. The predicted molar refractivity (Wildman–Crippen MR) is 186 cm³/mol. The van der Waals surface area contributed by atoms with Crippen molar-refractivity contribution in [1.82, 2.24) is 4.90 Å². The Labute approximate surface area is 304 Å². The molecule has 0 spiro atoms. The third kappa shape index (κ3) is 9.27. The first-order chi connectivity index (χ1) is 24.6. The van der Waals surface area contributed by atoms with Gasteiger partial charge in [0.2, 0.25) is 0 Å². The predicted octanol–water partition coefficient (Wildman–Crippen LogP) is 6.22. The highest BCUT2D eigenvalue weighted by molar-refractivity contribution is 6.30. The molecule has 2 heterocycles. The highest BCUT2D eigenvalue weighted by Gasteiger charge is 2.50. The number of benzene rings is 2. The number of amidine groups is 1. The van der Waals surface area contributed by atoms with Crippen LogP contribution in [0.25, 0.3) is 0 Å². The molecule has 1 fully saturated rings. The van der Waals surface area contributed by atoms with E-state index in [4.69, 9.17) is 26.5 Å². The van der Waals surface area contributed by atoms with Crippen LogP contribution in [-0.2, 0) is 30.4 Å². The number of amides is 2. The first-order valence-electron chi connectivity index (χ1n) is 17.0. The van der Waals surface area contributed by atoms with Gasteiger partial charge in [-0.3, -0.25) is 15.0 Å². The number of hydrogen-bond donors (Lipinski definition) is 2. The number of quaternary nitrogens is 1. The molecular weight excluding hydrogens is 705 g/mol. The number of esters is 2. The fourth-order valence-corrected chi connectivity index (χ4v) is 6.89. The summed E-state index contributed by atoms with van der Waals surface area (Å²) in [7, 11) is 0. The average molecular weight is 746 g/mol. The lowest BCUT2D eigenvalue weighted by molar-refractivity contribution is -0.860. The van der Waals surface area contributed by atoms with Crippen LogP contribution in [0.4, 0.5) is 18.9 Å². The molecule has 278 valence electrons. The van der Waals surface area contributed by atoms with Crippen LogP contribution in [0.3, 0.4) is 0 Å². The second-order valence-corrected chi connectivity index (χ2v) is 13.8. The summed E-state index contributed by atoms with van der Waals surface area (Å²) in [5.74, 6) is -4.80. The molecular formula is C37H41ClF3N4O7+. The van der Waals surface area contributed by atoms with Crippen LogP contribution in [0.15, 0.2) is 66.8 Å². The smallest absolute Gasteiger partial charge is 0.458 e. The van der Waals surface area contributed by atoms with E-state index in [1.807, 2.05) is 29.2 Å². The lowest BCUT2D eigenvalue weighted by atomic mass is 9.91. The van der Waals surface area contributed by atoms with Crippen molar-refractivity contribution in [2.24, 2.45) is 5.92 Å². The molecule has 0 aromatic heterocycles. The number of anilines is 1. The maximum atomic E-state index is 14.7. The SMILES string of the molecule is CCC(COC(=O)C(F)(F)F)C(=O)Oc1ccc2c(c1)NC(=O)C[N+](CC1(OC3CCN(C(C)=N)CC3)C=CC=CC1)(C(=O)c1ccc(Cl)cc1)C2. The Kier molecular flexibility index (Phi) is 11.9. The molecule has 0 radical (unpaired) electrons. The number of likely N-dealkylation sites (tertiary alicyclic amines) is 1. The molecule has 0 bridgehead atoms. The fraction of sp³-hybridized carbons (Fsp3) is 0.432. The fourth-order valence-electron chi connectivity index (χ4n) is 6.76. The Bertz CT molecular complexity index is 1760. The summed E-state index contributed by atoms with van der Waals surface area (Å²) in [6.07, 6.45) is 4.23. The van der Waals surface area contributed by atoms with E-state index in [1.54, 1.807) is 37.3 Å². The molecule has 11 nitrogen and oxygen atoms in total. The molecule has 3 atom stereocenters. The third-order valence-electron chi connectivity index (χ3n) is 9.49. The maximum absolute atomic E-state index is 14.7. The average Bonchev–Trinajstić information content (AvgIpc) is 3.23. The van der Waals surface area contributed by atoms with Gasteiger partial charge in [-0.15, -0.1) is 0 Å². The quantitative estimate of drug-likeness (QED) is 0.0963. The van der Waals surface area contributed by atoms with Gasteiger partial charge in [-0.25, -0.2) is 14.1 Å². The minimum Gasteiger partial charge on any atom is -0.458 e. The largest absolute Gasteiger partial charge is 0.490 e. The molecule has 15 heteroatoms. The third-order valence-corrected chi connectivity index (χ3v) is 9.74. The van der Waals surface area contributed by atoms with Crippen molar-refractivity contribution in [3.63, 3.8) is 0 Å². The highest BCUT2D eigenvalue weighted by atomic mass is 35.5. The minimum atomic E-state index is -5.20. The van der Waals surface area contributed by atoms with Crippen molar-refractivity contribution in [2.75, 3.05) is 38.1 Å². The normalized spacial score (nSPS) is 22.5. The zero-order valence-corrected chi connectivity index (χ0v) is 29.6. The van der Waals surface area contributed by atoms with Gasteiger partial charge in [-0.1, -0.05) is 36.8 Å². The van der Waals surface area contributed by atoms with Crippen LogP contribution in [0, 0.1) is 11.3 Å². The van der Waals surface area contributed by atoms with Gasteiger partial charge in [0.15, 0.2) is 6.54 Å². The number of halogens is 4. The molecule has 2 amide bonds. The molecule has 1 saturated heterocycles. The summed E-state index contributed by atoms with van der Waals surface area (Å²) in [5.41, 5.74) is 0.260. The summed E-state index contributed by atoms with van der Waals surface area (Å²) in [6, 6.07) is 11.0. The first kappa shape index (κ1) is 38.7. The number of fused-ring (bicyclic) bond motifs is 1. The molecule has 3 aliphatic rings. The Balaban J connectivity index is 1.44. The van der Waals surface area contributed by atoms with Crippen molar-refractivity contribution in [3.8, 4) is 5.75 Å². The van der Waals surface area contributed by atoms with E-state index in [2.05, 4.69) is 10.1 Å². The molecule has 52 heavy (non-hydrogen) atoms. The van der Waals surface area contributed by atoms with Gasteiger partial charge in [-0.05, 0) is 68.7 Å². The number of carbonyl (C=O) groups is 4. The Morgan fingerprint density at radius 3 is 2.42 bits per heavy atom. The van der Waals surface area contributed by atoms with E-state index in [0.717, 1.165) is 0 Å². The summed E-state index contributed by atoms with van der Waals surface area (Å²) in [5, 5.41) is 11.3. The van der Waals surface area contributed by atoms with Gasteiger partial charge in [0.05, 0.1) is 29.1 Å². The molecule has 1 aliphatic carbocycles. The van der Waals surface area contributed by atoms with E-state index >= 15 is 0 Å². The molecule has 5 rings (SSSR count). The molecule has 2 aromatic carbocycles. The monoisotopic (exact) mass is 745 g/mol. The highest BCUT2D eigenvalue weighted by Crippen LogP contribution is 2.37. The Morgan fingerprint density at radius 2 is 1.81 bits per heavy atom. The molecule has 2 N–H and O–H groups in total. The Morgan fingerprint density at radius 1 is 1.10 bits per heavy atom. The summed E-state index contributed by atoms with van der Waals surface area (Å²) < 4.78 is 54.1. The van der Waals surface area contributed by atoms with Crippen molar-refractivity contribution in [3.05, 3.63) is 82.9 Å². The minimum absolute atomic E-state index is 0.000309. The molecule has 3 unspecified atom stereocenters. The van der Waals surface area contributed by atoms with Crippen LogP contribution in [0.1, 0.15) is 55.5 Å². The van der Waals surface area contributed by atoms with Crippen molar-refractivity contribution in [1.29, 1.82) is 5.41 Å². The van der Waals surface area contributed by atoms with Crippen LogP contribution in [-0.4, -0.2) is 89.6 Å². The first-order valence-corrected chi connectivity index (χ1v) is 17.4. The van der Waals surface area contributed by atoms with Gasteiger partial charge in [0.1, 0.15) is 31.0 Å². The zero-order chi connectivity index (χ0) is 37.7. The van der Waals surface area contributed by atoms with Crippen LogP contribution in [0.5, 0.6) is 5.75 Å². The van der Waals surface area contributed by atoms with E-state index < -0.39 is 42.1 Å². The molecule has 2 aromatic rings. The van der Waals surface area contributed by atoms with E-state index in [0.29, 0.717) is 60.0 Å². The summed E-state index contributed by atoms with van der Waals surface area (Å²) in [4.78, 5) is 54.5. The second kappa shape index (κ2) is 16.0.